The molecule has 1 saturated carbocycles. The van der Waals surface area contributed by atoms with Crippen LogP contribution in [-0.4, -0.2) is 15.8 Å². The molecule has 1 fully saturated rings. The molecule has 0 saturated heterocycles. The molecule has 1 heterocycles. The fourth-order valence-electron chi connectivity index (χ4n) is 1.86. The standard InChI is InChI=1S/C15H26N2S2/c1-10(2)14-12(8-16-11-6-7-11)19-13(17-14)9-18-15(3,4)5/h10-11,16H,6-9H2,1-5H3. The van der Waals surface area contributed by atoms with Gasteiger partial charge >= 0.3 is 0 Å². The molecule has 1 aliphatic rings. The average molecular weight is 299 g/mol. The van der Waals surface area contributed by atoms with E-state index >= 15 is 0 Å². The molecule has 0 amide bonds. The second kappa shape index (κ2) is 6.15. The molecule has 4 heteroatoms. The molecule has 0 atom stereocenters. The molecule has 1 aromatic heterocycles. The Hall–Kier alpha value is -0.0600. The van der Waals surface area contributed by atoms with Crippen LogP contribution in [0.5, 0.6) is 0 Å². The first-order valence-corrected chi connectivity index (χ1v) is 9.01. The van der Waals surface area contributed by atoms with Gasteiger partial charge in [-0.3, -0.25) is 0 Å². The van der Waals surface area contributed by atoms with Gasteiger partial charge in [0.2, 0.25) is 0 Å². The summed E-state index contributed by atoms with van der Waals surface area (Å²) >= 11 is 3.89. The molecule has 1 N–H and O–H groups in total. The van der Waals surface area contributed by atoms with E-state index < -0.39 is 0 Å². The summed E-state index contributed by atoms with van der Waals surface area (Å²) in [7, 11) is 0. The fourth-order valence-corrected chi connectivity index (χ4v) is 3.86. The maximum absolute atomic E-state index is 4.87. The van der Waals surface area contributed by atoms with Crippen molar-refractivity contribution in [3.63, 3.8) is 0 Å². The third-order valence-electron chi connectivity index (χ3n) is 3.08. The van der Waals surface area contributed by atoms with E-state index in [9.17, 15) is 0 Å². The lowest BCUT2D eigenvalue weighted by atomic mass is 10.1. The Morgan fingerprint density at radius 3 is 2.58 bits per heavy atom. The van der Waals surface area contributed by atoms with Crippen LogP contribution >= 0.6 is 23.1 Å². The van der Waals surface area contributed by atoms with Crippen LogP contribution in [0.3, 0.4) is 0 Å². The number of rotatable bonds is 6. The SMILES string of the molecule is CC(C)c1nc(CSC(C)(C)C)sc1CNC1CC1. The lowest BCUT2D eigenvalue weighted by Crippen LogP contribution is -2.15. The first kappa shape index (κ1) is 15.3. The van der Waals surface area contributed by atoms with E-state index in [1.807, 2.05) is 23.1 Å². The van der Waals surface area contributed by atoms with Gasteiger partial charge in [0, 0.05) is 28.0 Å². The molecule has 0 unspecified atom stereocenters. The molecule has 0 bridgehead atoms. The van der Waals surface area contributed by atoms with Gasteiger partial charge in [0.15, 0.2) is 0 Å². The van der Waals surface area contributed by atoms with Gasteiger partial charge in [0.1, 0.15) is 5.01 Å². The number of thiazole rings is 1. The first-order chi connectivity index (χ1) is 8.85. The third-order valence-corrected chi connectivity index (χ3v) is 5.61. The molecule has 1 aliphatic carbocycles. The Bertz CT molecular complexity index is 414. The Balaban J connectivity index is 2.00. The van der Waals surface area contributed by atoms with Crippen molar-refractivity contribution in [1.29, 1.82) is 0 Å². The topological polar surface area (TPSA) is 24.9 Å². The van der Waals surface area contributed by atoms with E-state index in [0.717, 1.165) is 18.3 Å². The monoisotopic (exact) mass is 298 g/mol. The van der Waals surface area contributed by atoms with E-state index in [-0.39, 0.29) is 0 Å². The lowest BCUT2D eigenvalue weighted by molar-refractivity contribution is 0.680. The first-order valence-electron chi connectivity index (χ1n) is 7.21. The van der Waals surface area contributed by atoms with E-state index in [4.69, 9.17) is 4.98 Å². The summed E-state index contributed by atoms with van der Waals surface area (Å²) in [6.45, 7) is 12.3. The van der Waals surface area contributed by atoms with Crippen LogP contribution in [0, 0.1) is 0 Å². The highest BCUT2D eigenvalue weighted by atomic mass is 32.2. The number of hydrogen-bond donors (Lipinski definition) is 1. The number of hydrogen-bond acceptors (Lipinski definition) is 4. The van der Waals surface area contributed by atoms with Crippen molar-refractivity contribution in [3.8, 4) is 0 Å². The Kier molecular flexibility index (Phi) is 4.96. The summed E-state index contributed by atoms with van der Waals surface area (Å²) in [5.74, 6) is 1.57. The van der Waals surface area contributed by atoms with Gasteiger partial charge < -0.3 is 5.32 Å². The highest BCUT2D eigenvalue weighted by Crippen LogP contribution is 2.32. The molecular weight excluding hydrogens is 272 g/mol. The second-order valence-electron chi connectivity index (χ2n) is 6.63. The minimum absolute atomic E-state index is 0.316. The number of aromatic nitrogens is 1. The van der Waals surface area contributed by atoms with E-state index in [1.54, 1.807) is 0 Å². The van der Waals surface area contributed by atoms with Crippen LogP contribution in [0.15, 0.2) is 0 Å². The van der Waals surface area contributed by atoms with E-state index in [2.05, 4.69) is 39.9 Å². The zero-order valence-electron chi connectivity index (χ0n) is 12.7. The normalized spacial score (nSPS) is 16.3. The minimum Gasteiger partial charge on any atom is -0.309 e. The molecule has 0 aliphatic heterocycles. The smallest absolute Gasteiger partial charge is 0.103 e. The van der Waals surface area contributed by atoms with Crippen LogP contribution in [0.1, 0.15) is 69.0 Å². The summed E-state index contributed by atoms with van der Waals surface area (Å²) < 4.78 is 0.316. The van der Waals surface area contributed by atoms with Crippen molar-refractivity contribution >= 4 is 23.1 Å². The van der Waals surface area contributed by atoms with Gasteiger partial charge in [-0.15, -0.1) is 23.1 Å². The summed E-state index contributed by atoms with van der Waals surface area (Å²) in [6.07, 6.45) is 2.70. The van der Waals surface area contributed by atoms with Crippen LogP contribution in [-0.2, 0) is 12.3 Å². The fraction of sp³-hybridized carbons (Fsp3) is 0.800. The van der Waals surface area contributed by atoms with Gasteiger partial charge in [0.05, 0.1) is 5.69 Å². The van der Waals surface area contributed by atoms with Crippen LogP contribution in [0.25, 0.3) is 0 Å². The molecular formula is C15H26N2S2. The van der Waals surface area contributed by atoms with Gasteiger partial charge in [-0.25, -0.2) is 4.98 Å². The molecule has 0 spiro atoms. The van der Waals surface area contributed by atoms with Crippen LogP contribution in [0.4, 0.5) is 0 Å². The molecule has 0 aromatic carbocycles. The second-order valence-corrected chi connectivity index (χ2v) is 9.60. The Morgan fingerprint density at radius 2 is 2.05 bits per heavy atom. The van der Waals surface area contributed by atoms with Gasteiger partial charge in [-0.2, -0.15) is 0 Å². The van der Waals surface area contributed by atoms with Crippen LogP contribution in [0.2, 0.25) is 0 Å². The van der Waals surface area contributed by atoms with Crippen molar-refractivity contribution in [3.05, 3.63) is 15.6 Å². The predicted octanol–water partition coefficient (Wildman–Crippen LogP) is 4.55. The van der Waals surface area contributed by atoms with Crippen molar-refractivity contribution in [2.24, 2.45) is 0 Å². The highest BCUT2D eigenvalue weighted by Gasteiger charge is 2.22. The summed E-state index contributed by atoms with van der Waals surface area (Å²) in [5.41, 5.74) is 1.31. The number of nitrogens with one attached hydrogen (secondary N) is 1. The Labute approximate surface area is 125 Å². The summed E-state index contributed by atoms with van der Waals surface area (Å²) in [5, 5.41) is 4.91. The van der Waals surface area contributed by atoms with Crippen molar-refractivity contribution in [1.82, 2.24) is 10.3 Å². The molecule has 19 heavy (non-hydrogen) atoms. The lowest BCUT2D eigenvalue weighted by Gasteiger charge is -2.16. The van der Waals surface area contributed by atoms with Crippen molar-refractivity contribution < 1.29 is 0 Å². The maximum atomic E-state index is 4.87. The van der Waals surface area contributed by atoms with Crippen molar-refractivity contribution in [2.45, 2.75) is 76.5 Å². The molecule has 108 valence electrons. The number of thioether (sulfide) groups is 1. The largest absolute Gasteiger partial charge is 0.309 e. The summed E-state index contributed by atoms with van der Waals surface area (Å²) in [6, 6.07) is 0.773. The average Bonchev–Trinajstić information content (AvgIpc) is 3.02. The highest BCUT2D eigenvalue weighted by molar-refractivity contribution is 7.99. The minimum atomic E-state index is 0.316. The van der Waals surface area contributed by atoms with Gasteiger partial charge in [-0.1, -0.05) is 34.6 Å². The zero-order chi connectivity index (χ0) is 14.0. The molecule has 1 aromatic rings. The summed E-state index contributed by atoms with van der Waals surface area (Å²) in [4.78, 5) is 6.32. The van der Waals surface area contributed by atoms with Gasteiger partial charge in [0.25, 0.3) is 0 Å². The molecule has 0 radical (unpaired) electrons. The Morgan fingerprint density at radius 1 is 1.37 bits per heavy atom. The predicted molar refractivity (Wildman–Crippen MR) is 87.1 cm³/mol. The zero-order valence-corrected chi connectivity index (χ0v) is 14.4. The van der Waals surface area contributed by atoms with Crippen LogP contribution < -0.4 is 5.32 Å². The van der Waals surface area contributed by atoms with E-state index in [0.29, 0.717) is 10.7 Å². The number of nitrogens with zero attached hydrogens (tertiary/aromatic N) is 1. The third kappa shape index (κ3) is 5.09. The molecule has 2 rings (SSSR count). The maximum Gasteiger partial charge on any atom is 0.103 e. The molecule has 2 nitrogen and oxygen atoms in total. The van der Waals surface area contributed by atoms with Gasteiger partial charge in [-0.05, 0) is 18.8 Å². The van der Waals surface area contributed by atoms with E-state index in [1.165, 1.54) is 28.4 Å². The quantitative estimate of drug-likeness (QED) is 0.834. The van der Waals surface area contributed by atoms with Crippen molar-refractivity contribution in [2.75, 3.05) is 0 Å².